The van der Waals surface area contributed by atoms with Gasteiger partial charge in [0.15, 0.2) is 0 Å². The van der Waals surface area contributed by atoms with Crippen LogP contribution in [0.25, 0.3) is 11.6 Å². The summed E-state index contributed by atoms with van der Waals surface area (Å²) in [4.78, 5) is 18.4. The number of nitrogens with zero attached hydrogens (tertiary/aromatic N) is 3. The number of hydrogen-bond acceptors (Lipinski definition) is 4. The first-order valence-electron chi connectivity index (χ1n) is 9.03. The van der Waals surface area contributed by atoms with Crippen LogP contribution in [0, 0.1) is 23.2 Å². The number of anilines is 1. The molecule has 2 aliphatic rings. The van der Waals surface area contributed by atoms with Gasteiger partial charge in [-0.3, -0.25) is 4.79 Å². The third-order valence-electron chi connectivity index (χ3n) is 5.33. The lowest BCUT2D eigenvalue weighted by Gasteiger charge is -2.15. The van der Waals surface area contributed by atoms with Crippen LogP contribution < -0.4 is 5.73 Å². The number of fused-ring (bicyclic) bond motifs is 1. The number of rotatable bonds is 3. The minimum Gasteiger partial charge on any atom is -0.384 e. The van der Waals surface area contributed by atoms with Crippen LogP contribution in [0.3, 0.4) is 0 Å². The average molecular weight is 356 g/mol. The molecule has 5 heteroatoms. The Kier molecular flexibility index (Phi) is 4.47. The van der Waals surface area contributed by atoms with Gasteiger partial charge in [0, 0.05) is 30.9 Å². The largest absolute Gasteiger partial charge is 0.384 e. The Morgan fingerprint density at radius 2 is 2.11 bits per heavy atom. The number of hydrogen-bond donors (Lipinski definition) is 1. The zero-order valence-electron chi connectivity index (χ0n) is 14.9. The van der Waals surface area contributed by atoms with Crippen LogP contribution in [0.4, 0.5) is 5.82 Å². The summed E-state index contributed by atoms with van der Waals surface area (Å²) in [6, 6.07) is 14.0. The molecule has 0 saturated carbocycles. The average Bonchev–Trinajstić information content (AvgIpc) is 3.26. The summed E-state index contributed by atoms with van der Waals surface area (Å²) in [7, 11) is 0. The molecule has 1 aromatic heterocycles. The van der Waals surface area contributed by atoms with E-state index in [1.54, 1.807) is 6.08 Å². The van der Waals surface area contributed by atoms with Crippen molar-refractivity contribution in [2.45, 2.75) is 6.42 Å². The zero-order chi connectivity index (χ0) is 18.8. The van der Waals surface area contributed by atoms with Gasteiger partial charge in [-0.05, 0) is 41.5 Å². The zero-order valence-corrected chi connectivity index (χ0v) is 14.9. The van der Waals surface area contributed by atoms with Gasteiger partial charge in [-0.1, -0.05) is 36.4 Å². The Bertz CT molecular complexity index is 972. The first-order valence-corrected chi connectivity index (χ1v) is 9.03. The highest BCUT2D eigenvalue weighted by molar-refractivity contribution is 5.92. The number of nitrogen functional groups attached to an aromatic ring is 1. The normalized spacial score (nSPS) is 21.1. The quantitative estimate of drug-likeness (QED) is 0.857. The van der Waals surface area contributed by atoms with Gasteiger partial charge in [0.25, 0.3) is 0 Å². The number of carbonyl (C=O) groups is 1. The Labute approximate surface area is 158 Å². The molecular weight excluding hydrogens is 336 g/mol. The predicted octanol–water partition coefficient (Wildman–Crippen LogP) is 3.11. The van der Waals surface area contributed by atoms with Crippen LogP contribution >= 0.6 is 0 Å². The molecule has 0 radical (unpaired) electrons. The third-order valence-corrected chi connectivity index (χ3v) is 5.33. The van der Waals surface area contributed by atoms with E-state index < -0.39 is 0 Å². The summed E-state index contributed by atoms with van der Waals surface area (Å²) in [6.07, 6.45) is 8.03. The van der Waals surface area contributed by atoms with Crippen molar-refractivity contribution in [1.82, 2.24) is 9.88 Å². The predicted molar refractivity (Wildman–Crippen MR) is 105 cm³/mol. The van der Waals surface area contributed by atoms with Crippen molar-refractivity contribution in [1.29, 1.82) is 5.26 Å². The molecular formula is C22H20N4O. The Balaban J connectivity index is 1.43. The van der Waals surface area contributed by atoms with E-state index in [-0.39, 0.29) is 5.91 Å². The van der Waals surface area contributed by atoms with E-state index in [4.69, 9.17) is 5.73 Å². The molecule has 1 aliphatic heterocycles. The molecule has 27 heavy (non-hydrogen) atoms. The molecule has 0 bridgehead atoms. The van der Waals surface area contributed by atoms with E-state index in [1.165, 1.54) is 29.5 Å². The summed E-state index contributed by atoms with van der Waals surface area (Å²) < 4.78 is 0. The van der Waals surface area contributed by atoms with Crippen molar-refractivity contribution in [2.75, 3.05) is 18.8 Å². The van der Waals surface area contributed by atoms with E-state index in [0.717, 1.165) is 19.5 Å². The topological polar surface area (TPSA) is 83.0 Å². The maximum Gasteiger partial charge on any atom is 0.246 e. The molecule has 2 N–H and O–H groups in total. The molecule has 1 amide bonds. The standard InChI is InChI=1S/C22H20N4O/c23-11-18-10-21(24)25-12-16(18)6-7-22(27)26-13-19-8-17(9-20(19)14-26)15-4-2-1-3-5-15/h1-8,10,12,19-20H,9,13-14H2,(H2,24,25). The van der Waals surface area contributed by atoms with Gasteiger partial charge in [-0.2, -0.15) is 5.26 Å². The lowest BCUT2D eigenvalue weighted by atomic mass is 9.98. The highest BCUT2D eigenvalue weighted by atomic mass is 16.2. The number of nitrogens with two attached hydrogens (primary N) is 1. The summed E-state index contributed by atoms with van der Waals surface area (Å²) in [6.45, 7) is 1.51. The molecule has 0 spiro atoms. The molecule has 134 valence electrons. The number of carbonyl (C=O) groups excluding carboxylic acids is 1. The lowest BCUT2D eigenvalue weighted by molar-refractivity contribution is -0.125. The SMILES string of the molecule is N#Cc1cc(N)ncc1C=CC(=O)N1CC2C=C(c3ccccc3)CC2C1. The van der Waals surface area contributed by atoms with Crippen LogP contribution in [-0.2, 0) is 4.79 Å². The first-order chi connectivity index (χ1) is 13.1. The fourth-order valence-corrected chi connectivity index (χ4v) is 3.93. The third kappa shape index (κ3) is 3.47. The van der Waals surface area contributed by atoms with Gasteiger partial charge in [0.2, 0.25) is 5.91 Å². The fourth-order valence-electron chi connectivity index (χ4n) is 3.93. The summed E-state index contributed by atoms with van der Waals surface area (Å²) >= 11 is 0. The number of aromatic nitrogens is 1. The van der Waals surface area contributed by atoms with Gasteiger partial charge in [0.1, 0.15) is 5.82 Å². The van der Waals surface area contributed by atoms with Gasteiger partial charge in [0.05, 0.1) is 11.6 Å². The number of pyridine rings is 1. The molecule has 2 atom stereocenters. The molecule has 1 aliphatic carbocycles. The highest BCUT2D eigenvalue weighted by Gasteiger charge is 2.37. The van der Waals surface area contributed by atoms with Crippen molar-refractivity contribution < 1.29 is 4.79 Å². The smallest absolute Gasteiger partial charge is 0.246 e. The van der Waals surface area contributed by atoms with Crippen molar-refractivity contribution in [3.63, 3.8) is 0 Å². The van der Waals surface area contributed by atoms with Crippen LogP contribution in [0.15, 0.2) is 54.7 Å². The van der Waals surface area contributed by atoms with E-state index in [2.05, 4.69) is 41.4 Å². The van der Waals surface area contributed by atoms with Crippen molar-refractivity contribution in [2.24, 2.45) is 11.8 Å². The molecule has 4 rings (SSSR count). The fraction of sp³-hybridized carbons (Fsp3) is 0.227. The van der Waals surface area contributed by atoms with Crippen LogP contribution in [0.5, 0.6) is 0 Å². The van der Waals surface area contributed by atoms with Crippen LogP contribution in [0.1, 0.15) is 23.1 Å². The number of nitriles is 1. The second-order valence-electron chi connectivity index (χ2n) is 7.07. The van der Waals surface area contributed by atoms with Crippen molar-refractivity contribution >= 4 is 23.4 Å². The van der Waals surface area contributed by atoms with Gasteiger partial charge in [-0.15, -0.1) is 0 Å². The van der Waals surface area contributed by atoms with Gasteiger partial charge in [-0.25, -0.2) is 4.98 Å². The van der Waals surface area contributed by atoms with Crippen molar-refractivity contribution in [3.05, 3.63) is 71.4 Å². The van der Waals surface area contributed by atoms with E-state index in [0.29, 0.717) is 28.8 Å². The molecule has 5 nitrogen and oxygen atoms in total. The second kappa shape index (κ2) is 7.08. The molecule has 2 unspecified atom stereocenters. The second-order valence-corrected chi connectivity index (χ2v) is 7.07. The molecule has 2 aromatic rings. The van der Waals surface area contributed by atoms with E-state index in [9.17, 15) is 10.1 Å². The minimum atomic E-state index is -0.0280. The molecule has 1 saturated heterocycles. The summed E-state index contributed by atoms with van der Waals surface area (Å²) in [5, 5.41) is 9.18. The highest BCUT2D eigenvalue weighted by Crippen LogP contribution is 2.40. The van der Waals surface area contributed by atoms with E-state index >= 15 is 0 Å². The molecule has 1 fully saturated rings. The Morgan fingerprint density at radius 3 is 2.85 bits per heavy atom. The van der Waals surface area contributed by atoms with Crippen molar-refractivity contribution in [3.8, 4) is 6.07 Å². The Morgan fingerprint density at radius 1 is 1.30 bits per heavy atom. The molecule has 1 aromatic carbocycles. The van der Waals surface area contributed by atoms with Crippen LogP contribution in [0.2, 0.25) is 0 Å². The van der Waals surface area contributed by atoms with E-state index in [1.807, 2.05) is 11.0 Å². The van der Waals surface area contributed by atoms with Gasteiger partial charge < -0.3 is 10.6 Å². The monoisotopic (exact) mass is 356 g/mol. The first kappa shape index (κ1) is 17.0. The lowest BCUT2D eigenvalue weighted by Crippen LogP contribution is -2.27. The minimum absolute atomic E-state index is 0.0280. The number of allylic oxidation sites excluding steroid dienone is 1. The maximum absolute atomic E-state index is 12.6. The number of benzene rings is 1. The summed E-state index contributed by atoms with van der Waals surface area (Å²) in [5.41, 5.74) is 9.29. The van der Waals surface area contributed by atoms with Gasteiger partial charge >= 0.3 is 0 Å². The number of amides is 1. The molecule has 2 heterocycles. The number of likely N-dealkylation sites (tertiary alicyclic amines) is 1. The Hall–Kier alpha value is -3.39. The maximum atomic E-state index is 12.6. The summed E-state index contributed by atoms with van der Waals surface area (Å²) in [5.74, 6) is 1.18. The van der Waals surface area contributed by atoms with Crippen LogP contribution in [-0.4, -0.2) is 28.9 Å².